The van der Waals surface area contributed by atoms with Gasteiger partial charge in [-0.25, -0.2) is 4.79 Å². The first kappa shape index (κ1) is 28.6. The minimum absolute atomic E-state index is 0.151. The molecule has 212 valence electrons. The van der Waals surface area contributed by atoms with Crippen LogP contribution < -0.4 is 26.2 Å². The van der Waals surface area contributed by atoms with Crippen LogP contribution in [0.1, 0.15) is 42.9 Å². The topological polar surface area (TPSA) is 146 Å². The molecule has 4 N–H and O–H groups in total. The van der Waals surface area contributed by atoms with Crippen LogP contribution in [0, 0.1) is 0 Å². The Morgan fingerprint density at radius 1 is 1.05 bits per heavy atom. The highest BCUT2D eigenvalue weighted by atomic mass is 16.5. The number of carbonyl (C=O) groups is 1. The Morgan fingerprint density at radius 3 is 2.67 bits per heavy atom. The molecule has 11 nitrogen and oxygen atoms in total. The second kappa shape index (κ2) is 14.1. The summed E-state index contributed by atoms with van der Waals surface area (Å²) >= 11 is 0. The van der Waals surface area contributed by atoms with Gasteiger partial charge in [-0.15, -0.1) is 0 Å². The van der Waals surface area contributed by atoms with Crippen LogP contribution in [0.3, 0.4) is 0 Å². The lowest BCUT2D eigenvalue weighted by Gasteiger charge is -2.13. The highest BCUT2D eigenvalue weighted by molar-refractivity contribution is 5.82. The van der Waals surface area contributed by atoms with Gasteiger partial charge >= 0.3 is 17.7 Å². The number of nitrogens with two attached hydrogens (primary N) is 1. The van der Waals surface area contributed by atoms with Crippen molar-refractivity contribution < 1.29 is 19.0 Å². The molecule has 0 amide bonds. The molecule has 2 aromatic carbocycles. The molecule has 0 aliphatic heterocycles. The maximum absolute atomic E-state index is 12.8. The van der Waals surface area contributed by atoms with Crippen molar-refractivity contribution in [2.75, 3.05) is 32.6 Å². The number of methoxy groups -OCH3 is 1. The minimum atomic E-state index is -0.337. The number of hydrogen-bond donors (Lipinski definition) is 3. The maximum Gasteiger partial charge on any atom is 0.328 e. The molecular weight excluding hydrogens is 512 g/mol. The molecule has 4 rings (SSSR count). The summed E-state index contributed by atoms with van der Waals surface area (Å²) in [4.78, 5) is 35.7. The molecule has 2 aromatic heterocycles. The third-order valence-electron chi connectivity index (χ3n) is 6.31. The number of ether oxygens (including phenoxy) is 3. The van der Waals surface area contributed by atoms with Gasteiger partial charge in [0.1, 0.15) is 11.3 Å². The van der Waals surface area contributed by atoms with E-state index in [-0.39, 0.29) is 36.5 Å². The number of unbranched alkanes of at least 4 members (excludes halogenated alkanes) is 1. The first-order chi connectivity index (χ1) is 19.5. The van der Waals surface area contributed by atoms with Crippen LogP contribution >= 0.6 is 0 Å². The number of imidazole rings is 1. The highest BCUT2D eigenvalue weighted by Gasteiger charge is 2.16. The number of nitrogens with zero attached hydrogens (tertiary/aromatic N) is 3. The van der Waals surface area contributed by atoms with Crippen molar-refractivity contribution in [1.82, 2.24) is 24.8 Å². The average Bonchev–Trinajstić information content (AvgIpc) is 3.27. The first-order valence-corrected chi connectivity index (χ1v) is 13.4. The molecule has 0 bridgehead atoms. The van der Waals surface area contributed by atoms with Gasteiger partial charge in [0, 0.05) is 12.1 Å². The van der Waals surface area contributed by atoms with Gasteiger partial charge in [-0.1, -0.05) is 55.8 Å². The number of hydrogen-bond acceptors (Lipinski definition) is 9. The predicted octanol–water partition coefficient (Wildman–Crippen LogP) is 3.20. The Balaban J connectivity index is 1.33. The van der Waals surface area contributed by atoms with Crippen molar-refractivity contribution in [3.05, 3.63) is 75.7 Å². The van der Waals surface area contributed by atoms with Gasteiger partial charge in [0.2, 0.25) is 0 Å². The van der Waals surface area contributed by atoms with Crippen molar-refractivity contribution in [1.29, 1.82) is 0 Å². The van der Waals surface area contributed by atoms with Crippen LogP contribution in [0.25, 0.3) is 11.2 Å². The zero-order valence-corrected chi connectivity index (χ0v) is 22.9. The zero-order valence-electron chi connectivity index (χ0n) is 22.9. The number of rotatable bonds is 15. The van der Waals surface area contributed by atoms with Crippen LogP contribution in [0.2, 0.25) is 0 Å². The Morgan fingerprint density at radius 2 is 1.85 bits per heavy atom. The van der Waals surface area contributed by atoms with E-state index in [1.807, 2.05) is 48.5 Å². The summed E-state index contributed by atoms with van der Waals surface area (Å²) in [5.74, 6) is 0.607. The molecule has 0 saturated carbocycles. The molecule has 11 heteroatoms. The molecule has 40 heavy (non-hydrogen) atoms. The lowest BCUT2D eigenvalue weighted by molar-refractivity contribution is -0.139. The number of fused-ring (bicyclic) bond motifs is 1. The number of nitrogen functional groups attached to an aromatic ring is 1. The predicted molar refractivity (Wildman–Crippen MR) is 152 cm³/mol. The molecule has 4 aromatic rings. The van der Waals surface area contributed by atoms with E-state index in [0.29, 0.717) is 36.7 Å². The zero-order chi connectivity index (χ0) is 28.3. The maximum atomic E-state index is 12.8. The number of aromatic nitrogens is 4. The lowest BCUT2D eigenvalue weighted by atomic mass is 10.1. The van der Waals surface area contributed by atoms with E-state index in [0.717, 1.165) is 42.5 Å². The Bertz CT molecular complexity index is 1480. The lowest BCUT2D eigenvalue weighted by Crippen LogP contribution is -2.19. The third-order valence-corrected chi connectivity index (χ3v) is 6.31. The molecular formula is C29H36N6O5. The van der Waals surface area contributed by atoms with E-state index in [1.165, 1.54) is 11.7 Å². The summed E-state index contributed by atoms with van der Waals surface area (Å²) < 4.78 is 18.0. The van der Waals surface area contributed by atoms with Crippen LogP contribution in [0.5, 0.6) is 11.8 Å². The Labute approximate surface area is 232 Å². The Hall–Kier alpha value is -4.38. The second-order valence-corrected chi connectivity index (χ2v) is 9.37. The van der Waals surface area contributed by atoms with Gasteiger partial charge < -0.3 is 30.2 Å². The fourth-order valence-corrected chi connectivity index (χ4v) is 4.20. The molecule has 0 aliphatic carbocycles. The summed E-state index contributed by atoms with van der Waals surface area (Å²) in [7, 11) is 1.39. The highest BCUT2D eigenvalue weighted by Crippen LogP contribution is 2.22. The number of nitrogens with one attached hydrogen (secondary N) is 2. The monoisotopic (exact) mass is 548 g/mol. The van der Waals surface area contributed by atoms with Crippen LogP contribution in [0.4, 0.5) is 5.82 Å². The molecule has 2 heterocycles. The molecule has 0 saturated heterocycles. The van der Waals surface area contributed by atoms with Gasteiger partial charge in [0.25, 0.3) is 0 Å². The van der Waals surface area contributed by atoms with E-state index in [9.17, 15) is 9.59 Å². The van der Waals surface area contributed by atoms with E-state index in [1.54, 1.807) is 0 Å². The molecule has 0 radical (unpaired) electrons. The Kier molecular flexibility index (Phi) is 10.1. The molecule has 0 aliphatic rings. The largest absolute Gasteiger partial charge is 0.493 e. The standard InChI is InChI=1S/C29H36N6O5/c1-3-4-14-40-28-33-26(30)25-27(34-28)35(29(37)32-25)19-22-11-5-6-12-23(22)39-15-8-13-31-18-21-10-7-9-20(16-21)17-24(36)38-2/h5-7,9-12,16,31H,3-4,8,13-15,17-19H2,1-2H3,(H,32,37)(H2,30,33,34). The number of anilines is 1. The second-order valence-electron chi connectivity index (χ2n) is 9.37. The fraction of sp³-hybridized carbons (Fsp3) is 0.379. The molecule has 0 unspecified atom stereocenters. The van der Waals surface area contributed by atoms with Crippen molar-refractivity contribution in [3.8, 4) is 11.8 Å². The van der Waals surface area contributed by atoms with Crippen molar-refractivity contribution in [2.24, 2.45) is 0 Å². The van der Waals surface area contributed by atoms with Crippen LogP contribution in [0.15, 0.2) is 53.3 Å². The fourth-order valence-electron chi connectivity index (χ4n) is 4.20. The smallest absolute Gasteiger partial charge is 0.328 e. The van der Waals surface area contributed by atoms with Gasteiger partial charge in [0.15, 0.2) is 11.5 Å². The van der Waals surface area contributed by atoms with E-state index >= 15 is 0 Å². The minimum Gasteiger partial charge on any atom is -0.493 e. The van der Waals surface area contributed by atoms with Crippen molar-refractivity contribution in [2.45, 2.75) is 45.7 Å². The molecule has 0 fully saturated rings. The van der Waals surface area contributed by atoms with Crippen molar-refractivity contribution >= 4 is 23.0 Å². The van der Waals surface area contributed by atoms with Gasteiger partial charge in [-0.3, -0.25) is 9.36 Å². The summed E-state index contributed by atoms with van der Waals surface area (Å²) in [5, 5.41) is 3.41. The van der Waals surface area contributed by atoms with Crippen LogP contribution in [-0.4, -0.2) is 52.4 Å². The van der Waals surface area contributed by atoms with E-state index in [4.69, 9.17) is 19.9 Å². The number of H-pyrrole nitrogens is 1. The van der Waals surface area contributed by atoms with E-state index in [2.05, 4.69) is 27.2 Å². The van der Waals surface area contributed by atoms with Crippen molar-refractivity contribution in [3.63, 3.8) is 0 Å². The van der Waals surface area contributed by atoms with Crippen LogP contribution in [-0.2, 0) is 29.0 Å². The first-order valence-electron chi connectivity index (χ1n) is 13.4. The number of benzene rings is 2. The average molecular weight is 549 g/mol. The quantitative estimate of drug-likeness (QED) is 0.151. The number of esters is 1. The summed E-state index contributed by atoms with van der Waals surface area (Å²) in [5.41, 5.74) is 9.37. The third kappa shape index (κ3) is 7.60. The summed E-state index contributed by atoms with van der Waals surface area (Å²) in [6, 6.07) is 15.6. The number of aromatic amines is 1. The summed E-state index contributed by atoms with van der Waals surface area (Å²) in [6.07, 6.45) is 2.89. The number of carbonyl (C=O) groups excluding carboxylic acids is 1. The SMILES string of the molecule is CCCCOc1nc(N)c2[nH]c(=O)n(Cc3ccccc3OCCCNCc3cccc(CC(=O)OC)c3)c2n1. The molecule has 0 atom stereocenters. The van der Waals surface area contributed by atoms with Gasteiger partial charge in [0.05, 0.1) is 33.3 Å². The molecule has 0 spiro atoms. The summed E-state index contributed by atoms with van der Waals surface area (Å²) in [6.45, 7) is 4.73. The normalized spacial score (nSPS) is 11.1. The van der Waals surface area contributed by atoms with E-state index < -0.39 is 0 Å². The van der Waals surface area contributed by atoms with Gasteiger partial charge in [-0.05, 0) is 36.6 Å². The van der Waals surface area contributed by atoms with Gasteiger partial charge in [-0.2, -0.15) is 9.97 Å². The number of para-hydroxylation sites is 1.